The third-order valence-electron chi connectivity index (χ3n) is 2.34. The zero-order valence-corrected chi connectivity index (χ0v) is 8.81. The molecular formula is C11H10O2S. The lowest BCUT2D eigenvalue weighted by atomic mass is 10.1. The van der Waals surface area contributed by atoms with Crippen molar-refractivity contribution in [1.82, 2.24) is 0 Å². The molecule has 72 valence electrons. The fraction of sp³-hybridized carbons (Fsp3) is 0.182. The van der Waals surface area contributed by atoms with Crippen LogP contribution in [0.4, 0.5) is 0 Å². The lowest BCUT2D eigenvalue weighted by molar-refractivity contribution is 0.0696. The fourth-order valence-corrected chi connectivity index (χ4v) is 2.50. The molecular weight excluding hydrogens is 196 g/mol. The Morgan fingerprint density at radius 2 is 2.00 bits per heavy atom. The van der Waals surface area contributed by atoms with Gasteiger partial charge in [-0.05, 0) is 47.9 Å². The predicted octanol–water partition coefficient (Wildman–Crippen LogP) is 3.22. The highest BCUT2D eigenvalue weighted by Crippen LogP contribution is 2.28. The largest absolute Gasteiger partial charge is 0.478 e. The van der Waals surface area contributed by atoms with Gasteiger partial charge < -0.3 is 5.11 Å². The first kappa shape index (κ1) is 9.21. The summed E-state index contributed by atoms with van der Waals surface area (Å²) < 4.78 is 1.05. The number of aromatic carboxylic acids is 1. The van der Waals surface area contributed by atoms with Crippen molar-refractivity contribution in [3.63, 3.8) is 0 Å². The Hall–Kier alpha value is -1.35. The number of fused-ring (bicyclic) bond motifs is 1. The molecule has 0 fully saturated rings. The SMILES string of the molecule is Cc1cc2c(C)csc2cc1C(=O)O. The van der Waals surface area contributed by atoms with Gasteiger partial charge in [0.25, 0.3) is 0 Å². The highest BCUT2D eigenvalue weighted by molar-refractivity contribution is 7.17. The van der Waals surface area contributed by atoms with Gasteiger partial charge in [-0.25, -0.2) is 4.79 Å². The minimum absolute atomic E-state index is 0.402. The summed E-state index contributed by atoms with van der Waals surface area (Å²) >= 11 is 1.59. The summed E-state index contributed by atoms with van der Waals surface area (Å²) in [4.78, 5) is 10.9. The summed E-state index contributed by atoms with van der Waals surface area (Å²) in [6.07, 6.45) is 0. The van der Waals surface area contributed by atoms with Crippen LogP contribution in [0.5, 0.6) is 0 Å². The van der Waals surface area contributed by atoms with E-state index >= 15 is 0 Å². The standard InChI is InChI=1S/C11H10O2S/c1-6-3-8-7(2)5-14-10(8)4-9(6)11(12)13/h3-5H,1-2H3,(H,12,13). The molecule has 0 aliphatic carbocycles. The van der Waals surface area contributed by atoms with Crippen LogP contribution in [-0.4, -0.2) is 11.1 Å². The van der Waals surface area contributed by atoms with Crippen LogP contribution < -0.4 is 0 Å². The normalized spacial score (nSPS) is 10.7. The van der Waals surface area contributed by atoms with Crippen LogP contribution in [0.25, 0.3) is 10.1 Å². The number of aryl methyl sites for hydroxylation is 2. The van der Waals surface area contributed by atoms with Gasteiger partial charge in [0, 0.05) is 4.70 Å². The molecule has 1 heterocycles. The van der Waals surface area contributed by atoms with Crippen LogP contribution >= 0.6 is 11.3 Å². The smallest absolute Gasteiger partial charge is 0.336 e. The van der Waals surface area contributed by atoms with E-state index in [2.05, 4.69) is 5.38 Å². The summed E-state index contributed by atoms with van der Waals surface area (Å²) in [5, 5.41) is 12.2. The first-order chi connectivity index (χ1) is 6.59. The molecule has 0 atom stereocenters. The molecule has 2 aromatic rings. The zero-order valence-electron chi connectivity index (χ0n) is 8.00. The van der Waals surface area contributed by atoms with Gasteiger partial charge in [0.15, 0.2) is 0 Å². The van der Waals surface area contributed by atoms with Crippen molar-refractivity contribution < 1.29 is 9.90 Å². The van der Waals surface area contributed by atoms with E-state index in [9.17, 15) is 4.79 Å². The fourth-order valence-electron chi connectivity index (χ4n) is 1.54. The molecule has 0 amide bonds. The molecule has 0 radical (unpaired) electrons. The predicted molar refractivity (Wildman–Crippen MR) is 58.3 cm³/mol. The van der Waals surface area contributed by atoms with Crippen LogP contribution in [0.1, 0.15) is 21.5 Å². The molecule has 0 spiro atoms. The van der Waals surface area contributed by atoms with Crippen LogP contribution in [0, 0.1) is 13.8 Å². The van der Waals surface area contributed by atoms with E-state index < -0.39 is 5.97 Å². The number of carboxylic acids is 1. The number of hydrogen-bond acceptors (Lipinski definition) is 2. The van der Waals surface area contributed by atoms with Crippen molar-refractivity contribution in [3.05, 3.63) is 34.2 Å². The average Bonchev–Trinajstić information content (AvgIpc) is 2.46. The lowest BCUT2D eigenvalue weighted by Gasteiger charge is -2.01. The third kappa shape index (κ3) is 1.30. The van der Waals surface area contributed by atoms with Gasteiger partial charge in [-0.15, -0.1) is 11.3 Å². The molecule has 1 aromatic heterocycles. The van der Waals surface area contributed by atoms with E-state index in [1.54, 1.807) is 17.4 Å². The van der Waals surface area contributed by atoms with Crippen molar-refractivity contribution in [2.24, 2.45) is 0 Å². The third-order valence-corrected chi connectivity index (χ3v) is 3.41. The number of thiophene rings is 1. The van der Waals surface area contributed by atoms with Gasteiger partial charge in [-0.1, -0.05) is 0 Å². The van der Waals surface area contributed by atoms with Gasteiger partial charge in [0.1, 0.15) is 0 Å². The summed E-state index contributed by atoms with van der Waals surface area (Å²) in [6.45, 7) is 3.87. The molecule has 0 saturated carbocycles. The van der Waals surface area contributed by atoms with Gasteiger partial charge >= 0.3 is 5.97 Å². The van der Waals surface area contributed by atoms with Gasteiger partial charge in [0.05, 0.1) is 5.56 Å². The summed E-state index contributed by atoms with van der Waals surface area (Å²) in [5.74, 6) is -0.851. The van der Waals surface area contributed by atoms with Crippen molar-refractivity contribution in [1.29, 1.82) is 0 Å². The summed E-state index contributed by atoms with van der Waals surface area (Å²) in [6, 6.07) is 3.70. The van der Waals surface area contributed by atoms with Crippen LogP contribution in [0.3, 0.4) is 0 Å². The number of carboxylic acid groups (broad SMARTS) is 1. The van der Waals surface area contributed by atoms with Gasteiger partial charge in [-0.2, -0.15) is 0 Å². The van der Waals surface area contributed by atoms with E-state index in [1.807, 2.05) is 19.9 Å². The second-order valence-electron chi connectivity index (χ2n) is 3.39. The molecule has 14 heavy (non-hydrogen) atoms. The van der Waals surface area contributed by atoms with Crippen molar-refractivity contribution >= 4 is 27.4 Å². The number of hydrogen-bond donors (Lipinski definition) is 1. The van der Waals surface area contributed by atoms with E-state index in [0.717, 1.165) is 15.6 Å². The van der Waals surface area contributed by atoms with Crippen molar-refractivity contribution in [3.8, 4) is 0 Å². The maximum absolute atomic E-state index is 10.9. The van der Waals surface area contributed by atoms with Gasteiger partial charge in [-0.3, -0.25) is 0 Å². The maximum Gasteiger partial charge on any atom is 0.336 e. The van der Waals surface area contributed by atoms with Gasteiger partial charge in [0.2, 0.25) is 0 Å². The Morgan fingerprint density at radius 3 is 2.64 bits per heavy atom. The Bertz CT molecular complexity index is 511. The second-order valence-corrected chi connectivity index (χ2v) is 4.30. The average molecular weight is 206 g/mol. The first-order valence-corrected chi connectivity index (χ1v) is 5.19. The van der Waals surface area contributed by atoms with E-state index in [-0.39, 0.29) is 0 Å². The quantitative estimate of drug-likeness (QED) is 0.777. The topological polar surface area (TPSA) is 37.3 Å². The lowest BCUT2D eigenvalue weighted by Crippen LogP contribution is -1.98. The van der Waals surface area contributed by atoms with Crippen LogP contribution in [-0.2, 0) is 0 Å². The molecule has 0 saturated heterocycles. The monoisotopic (exact) mass is 206 g/mol. The minimum atomic E-state index is -0.851. The summed E-state index contributed by atoms with van der Waals surface area (Å²) in [5.41, 5.74) is 2.44. The Labute approximate surface area is 85.8 Å². The molecule has 3 heteroatoms. The Balaban J connectivity index is 2.79. The van der Waals surface area contributed by atoms with Crippen LogP contribution in [0.2, 0.25) is 0 Å². The molecule has 2 rings (SSSR count). The first-order valence-electron chi connectivity index (χ1n) is 4.31. The number of benzene rings is 1. The molecule has 0 unspecified atom stereocenters. The van der Waals surface area contributed by atoms with E-state index in [0.29, 0.717) is 5.56 Å². The zero-order chi connectivity index (χ0) is 10.3. The highest BCUT2D eigenvalue weighted by atomic mass is 32.1. The maximum atomic E-state index is 10.9. The van der Waals surface area contributed by atoms with Crippen molar-refractivity contribution in [2.45, 2.75) is 13.8 Å². The minimum Gasteiger partial charge on any atom is -0.478 e. The number of carbonyl (C=O) groups is 1. The number of rotatable bonds is 1. The Morgan fingerprint density at radius 1 is 1.29 bits per heavy atom. The Kier molecular flexibility index (Phi) is 2.04. The molecule has 0 aliphatic heterocycles. The molecule has 1 N–H and O–H groups in total. The van der Waals surface area contributed by atoms with E-state index in [4.69, 9.17) is 5.11 Å². The molecule has 1 aromatic carbocycles. The van der Waals surface area contributed by atoms with E-state index in [1.165, 1.54) is 5.56 Å². The molecule has 0 aliphatic rings. The van der Waals surface area contributed by atoms with Crippen LogP contribution in [0.15, 0.2) is 17.5 Å². The molecule has 2 nitrogen and oxygen atoms in total. The van der Waals surface area contributed by atoms with Crippen molar-refractivity contribution in [2.75, 3.05) is 0 Å². The summed E-state index contributed by atoms with van der Waals surface area (Å²) in [7, 11) is 0. The molecule has 0 bridgehead atoms. The highest BCUT2D eigenvalue weighted by Gasteiger charge is 2.10. The second kappa shape index (κ2) is 3.10.